The van der Waals surface area contributed by atoms with Crippen LogP contribution >= 0.6 is 15.9 Å². The second-order valence-corrected chi connectivity index (χ2v) is 6.97. The average Bonchev–Trinajstić information content (AvgIpc) is 2.36. The SMILES string of the molecule is CCOC(=O)COC1(c2cccc(Br)c2)CC2(CNC2)C1. The van der Waals surface area contributed by atoms with Crippen LogP contribution in [0.4, 0.5) is 0 Å². The van der Waals surface area contributed by atoms with Gasteiger partial charge >= 0.3 is 5.97 Å². The first-order chi connectivity index (χ1) is 10.1. The Kier molecular flexibility index (Phi) is 4.08. The summed E-state index contributed by atoms with van der Waals surface area (Å²) in [6.07, 6.45) is 1.92. The minimum atomic E-state index is -0.349. The van der Waals surface area contributed by atoms with Crippen molar-refractivity contribution in [1.29, 1.82) is 0 Å². The fourth-order valence-electron chi connectivity index (χ4n) is 3.45. The molecule has 0 aromatic heterocycles. The maximum absolute atomic E-state index is 11.6. The topological polar surface area (TPSA) is 47.6 Å². The Morgan fingerprint density at radius 3 is 2.71 bits per heavy atom. The molecule has 1 saturated heterocycles. The van der Waals surface area contributed by atoms with Gasteiger partial charge in [-0.3, -0.25) is 0 Å². The molecular formula is C16H20BrNO3. The van der Waals surface area contributed by atoms with Crippen LogP contribution in [0.25, 0.3) is 0 Å². The lowest BCUT2D eigenvalue weighted by Gasteiger charge is -2.60. The number of carbonyl (C=O) groups is 1. The van der Waals surface area contributed by atoms with Gasteiger partial charge in [0, 0.05) is 23.0 Å². The summed E-state index contributed by atoms with van der Waals surface area (Å²) in [6, 6.07) is 8.18. The minimum absolute atomic E-state index is 0.0177. The van der Waals surface area contributed by atoms with Crippen molar-refractivity contribution in [3.63, 3.8) is 0 Å². The van der Waals surface area contributed by atoms with Gasteiger partial charge < -0.3 is 14.8 Å². The van der Waals surface area contributed by atoms with Crippen LogP contribution in [0, 0.1) is 5.41 Å². The molecule has 2 aliphatic rings. The molecule has 21 heavy (non-hydrogen) atoms. The van der Waals surface area contributed by atoms with Crippen LogP contribution in [0.3, 0.4) is 0 Å². The molecule has 4 nitrogen and oxygen atoms in total. The Morgan fingerprint density at radius 2 is 2.14 bits per heavy atom. The van der Waals surface area contributed by atoms with Crippen LogP contribution in [0.5, 0.6) is 0 Å². The molecule has 1 aromatic rings. The molecular weight excluding hydrogens is 334 g/mol. The van der Waals surface area contributed by atoms with Crippen LogP contribution in [0.15, 0.2) is 28.7 Å². The highest BCUT2D eigenvalue weighted by molar-refractivity contribution is 9.10. The number of esters is 1. The number of halogens is 1. The summed E-state index contributed by atoms with van der Waals surface area (Å²) in [5.41, 5.74) is 1.15. The van der Waals surface area contributed by atoms with Crippen molar-refractivity contribution in [1.82, 2.24) is 5.32 Å². The zero-order valence-electron chi connectivity index (χ0n) is 12.2. The second-order valence-electron chi connectivity index (χ2n) is 6.06. The van der Waals surface area contributed by atoms with E-state index in [1.165, 1.54) is 0 Å². The van der Waals surface area contributed by atoms with E-state index in [-0.39, 0.29) is 18.2 Å². The van der Waals surface area contributed by atoms with Gasteiger partial charge in [0.05, 0.1) is 12.2 Å². The third kappa shape index (κ3) is 2.87. The number of hydrogen-bond donors (Lipinski definition) is 1. The van der Waals surface area contributed by atoms with Crippen molar-refractivity contribution in [2.75, 3.05) is 26.3 Å². The summed E-state index contributed by atoms with van der Waals surface area (Å²) >= 11 is 3.51. The molecule has 1 spiro atoms. The number of rotatable bonds is 5. The summed E-state index contributed by atoms with van der Waals surface area (Å²) in [6.45, 7) is 4.31. The standard InChI is InChI=1S/C16H20BrNO3/c1-2-20-14(19)7-21-16(8-15(9-16)10-18-11-15)12-4-3-5-13(17)6-12/h3-6,18H,2,7-11H2,1H3. The smallest absolute Gasteiger partial charge is 0.332 e. The highest BCUT2D eigenvalue weighted by Gasteiger charge is 2.59. The van der Waals surface area contributed by atoms with E-state index in [1.54, 1.807) is 6.92 Å². The largest absolute Gasteiger partial charge is 0.464 e. The molecule has 1 heterocycles. The van der Waals surface area contributed by atoms with Crippen molar-refractivity contribution < 1.29 is 14.3 Å². The van der Waals surface area contributed by atoms with Gasteiger partial charge in [-0.25, -0.2) is 4.79 Å². The van der Waals surface area contributed by atoms with Crippen molar-refractivity contribution in [2.45, 2.75) is 25.4 Å². The van der Waals surface area contributed by atoms with E-state index in [2.05, 4.69) is 33.4 Å². The predicted molar refractivity (Wildman–Crippen MR) is 82.9 cm³/mol. The second kappa shape index (κ2) is 5.71. The molecule has 0 unspecified atom stereocenters. The predicted octanol–water partition coefficient (Wildman–Crippen LogP) is 2.61. The first-order valence-electron chi connectivity index (χ1n) is 7.34. The monoisotopic (exact) mass is 353 g/mol. The molecule has 1 aliphatic carbocycles. The molecule has 3 rings (SSSR count). The van der Waals surface area contributed by atoms with E-state index < -0.39 is 0 Å². The molecule has 0 radical (unpaired) electrons. The van der Waals surface area contributed by atoms with Crippen LogP contribution in [0.2, 0.25) is 0 Å². The summed E-state index contributed by atoms with van der Waals surface area (Å²) in [7, 11) is 0. The first kappa shape index (κ1) is 15.0. The van der Waals surface area contributed by atoms with Crippen LogP contribution in [-0.2, 0) is 19.9 Å². The number of nitrogens with one attached hydrogen (secondary N) is 1. The number of carbonyl (C=O) groups excluding carboxylic acids is 1. The molecule has 114 valence electrons. The summed E-state index contributed by atoms with van der Waals surface area (Å²) in [4.78, 5) is 11.6. The van der Waals surface area contributed by atoms with Crippen molar-refractivity contribution >= 4 is 21.9 Å². The third-order valence-electron chi connectivity index (χ3n) is 4.44. The Labute approximate surface area is 133 Å². The summed E-state index contributed by atoms with van der Waals surface area (Å²) in [5.74, 6) is -0.292. The fourth-order valence-corrected chi connectivity index (χ4v) is 3.85. The maximum Gasteiger partial charge on any atom is 0.332 e. The Bertz CT molecular complexity index is 534. The van der Waals surface area contributed by atoms with Crippen LogP contribution in [0.1, 0.15) is 25.3 Å². The lowest BCUT2D eigenvalue weighted by molar-refractivity contribution is -0.202. The van der Waals surface area contributed by atoms with Crippen molar-refractivity contribution in [3.8, 4) is 0 Å². The fraction of sp³-hybridized carbons (Fsp3) is 0.562. The molecule has 1 saturated carbocycles. The first-order valence-corrected chi connectivity index (χ1v) is 8.13. The summed E-state index contributed by atoms with van der Waals surface area (Å²) < 4.78 is 12.0. The van der Waals surface area contributed by atoms with Gasteiger partial charge in [0.2, 0.25) is 0 Å². The minimum Gasteiger partial charge on any atom is -0.464 e. The lowest BCUT2D eigenvalue weighted by Crippen LogP contribution is -2.66. The molecule has 0 bridgehead atoms. The van der Waals surface area contributed by atoms with Crippen LogP contribution < -0.4 is 5.32 Å². The zero-order chi connectivity index (χ0) is 14.9. The van der Waals surface area contributed by atoms with E-state index >= 15 is 0 Å². The quantitative estimate of drug-likeness (QED) is 0.826. The van der Waals surface area contributed by atoms with E-state index in [4.69, 9.17) is 9.47 Å². The molecule has 1 aromatic carbocycles. The van der Waals surface area contributed by atoms with E-state index in [9.17, 15) is 4.79 Å². The van der Waals surface area contributed by atoms with Gasteiger partial charge in [-0.15, -0.1) is 0 Å². The third-order valence-corrected chi connectivity index (χ3v) is 4.94. The maximum atomic E-state index is 11.6. The zero-order valence-corrected chi connectivity index (χ0v) is 13.7. The van der Waals surface area contributed by atoms with Gasteiger partial charge in [-0.2, -0.15) is 0 Å². The molecule has 0 atom stereocenters. The van der Waals surface area contributed by atoms with Gasteiger partial charge in [0.15, 0.2) is 0 Å². The molecule has 5 heteroatoms. The number of benzene rings is 1. The highest BCUT2D eigenvalue weighted by Crippen LogP contribution is 2.58. The highest BCUT2D eigenvalue weighted by atomic mass is 79.9. The van der Waals surface area contributed by atoms with Crippen molar-refractivity contribution in [3.05, 3.63) is 34.3 Å². The molecule has 2 fully saturated rings. The van der Waals surface area contributed by atoms with Gasteiger partial charge in [0.1, 0.15) is 6.61 Å². The number of hydrogen-bond acceptors (Lipinski definition) is 4. The normalized spacial score (nSPS) is 21.4. The van der Waals surface area contributed by atoms with E-state index in [0.717, 1.165) is 36.0 Å². The Hall–Kier alpha value is -0.910. The van der Waals surface area contributed by atoms with Crippen molar-refractivity contribution in [2.24, 2.45) is 5.41 Å². The molecule has 1 aliphatic heterocycles. The van der Waals surface area contributed by atoms with Crippen LogP contribution in [-0.4, -0.2) is 32.3 Å². The lowest BCUT2D eigenvalue weighted by atomic mass is 9.54. The van der Waals surface area contributed by atoms with Gasteiger partial charge in [0.25, 0.3) is 0 Å². The number of ether oxygens (including phenoxy) is 2. The summed E-state index contributed by atoms with van der Waals surface area (Å²) in [5, 5.41) is 3.33. The Balaban J connectivity index is 1.74. The molecule has 1 N–H and O–H groups in total. The van der Waals surface area contributed by atoms with E-state index in [1.807, 2.05) is 12.1 Å². The average molecular weight is 354 g/mol. The Morgan fingerprint density at radius 1 is 1.38 bits per heavy atom. The van der Waals surface area contributed by atoms with Gasteiger partial charge in [-0.05, 0) is 37.5 Å². The molecule has 0 amide bonds. The van der Waals surface area contributed by atoms with E-state index in [0.29, 0.717) is 12.0 Å². The van der Waals surface area contributed by atoms with Gasteiger partial charge in [-0.1, -0.05) is 28.1 Å².